The summed E-state index contributed by atoms with van der Waals surface area (Å²) in [5.41, 5.74) is 3.37. The van der Waals surface area contributed by atoms with E-state index in [1.54, 1.807) is 14.0 Å². The highest BCUT2D eigenvalue weighted by molar-refractivity contribution is 5.77. The van der Waals surface area contributed by atoms with Crippen molar-refractivity contribution in [3.8, 4) is 5.75 Å². The van der Waals surface area contributed by atoms with Crippen molar-refractivity contribution in [2.45, 2.75) is 46.5 Å². The fourth-order valence-corrected chi connectivity index (χ4v) is 2.21. The SMILES string of the molecule is COc1cc(C)c(C)cc1C(C)(C)CC(C)=O. The van der Waals surface area contributed by atoms with Crippen molar-refractivity contribution in [3.05, 3.63) is 28.8 Å². The number of Topliss-reactive ketones (excluding diaryl/α,β-unsaturated/α-hetero) is 1. The Hall–Kier alpha value is -1.31. The molecular formula is C15H22O2. The maximum atomic E-state index is 11.3. The highest BCUT2D eigenvalue weighted by Gasteiger charge is 2.26. The maximum absolute atomic E-state index is 11.3. The van der Waals surface area contributed by atoms with Gasteiger partial charge in [0.1, 0.15) is 11.5 Å². The number of carbonyl (C=O) groups excluding carboxylic acids is 1. The average Bonchev–Trinajstić information content (AvgIpc) is 2.19. The molecule has 0 aliphatic carbocycles. The Balaban J connectivity index is 3.28. The standard InChI is InChI=1S/C15H22O2/c1-10-7-13(14(17-6)8-11(10)2)15(4,5)9-12(3)16/h7-8H,9H2,1-6H3. The lowest BCUT2D eigenvalue weighted by Gasteiger charge is -2.27. The fraction of sp³-hybridized carbons (Fsp3) is 0.533. The Morgan fingerprint density at radius 3 is 2.24 bits per heavy atom. The Morgan fingerprint density at radius 1 is 1.24 bits per heavy atom. The van der Waals surface area contributed by atoms with Crippen molar-refractivity contribution in [3.63, 3.8) is 0 Å². The summed E-state index contributed by atoms with van der Waals surface area (Å²) in [6.45, 7) is 9.96. The lowest BCUT2D eigenvalue weighted by atomic mass is 9.79. The van der Waals surface area contributed by atoms with Crippen LogP contribution in [-0.4, -0.2) is 12.9 Å². The molecule has 0 aromatic heterocycles. The molecule has 17 heavy (non-hydrogen) atoms. The van der Waals surface area contributed by atoms with Crippen LogP contribution >= 0.6 is 0 Å². The van der Waals surface area contributed by atoms with E-state index in [1.807, 2.05) is 6.07 Å². The van der Waals surface area contributed by atoms with Crippen LogP contribution in [0.3, 0.4) is 0 Å². The van der Waals surface area contributed by atoms with Gasteiger partial charge in [-0.15, -0.1) is 0 Å². The van der Waals surface area contributed by atoms with Crippen LogP contribution in [0.15, 0.2) is 12.1 Å². The fourth-order valence-electron chi connectivity index (χ4n) is 2.21. The van der Waals surface area contributed by atoms with E-state index >= 15 is 0 Å². The van der Waals surface area contributed by atoms with E-state index in [0.29, 0.717) is 6.42 Å². The first kappa shape index (κ1) is 13.8. The molecular weight excluding hydrogens is 212 g/mol. The smallest absolute Gasteiger partial charge is 0.130 e. The second-order valence-corrected chi connectivity index (χ2v) is 5.40. The van der Waals surface area contributed by atoms with Gasteiger partial charge in [0.25, 0.3) is 0 Å². The minimum Gasteiger partial charge on any atom is -0.496 e. The molecule has 1 rings (SSSR count). The second kappa shape index (κ2) is 4.91. The molecule has 0 fully saturated rings. The van der Waals surface area contributed by atoms with Crippen molar-refractivity contribution in [2.75, 3.05) is 7.11 Å². The molecule has 1 aromatic rings. The highest BCUT2D eigenvalue weighted by atomic mass is 16.5. The summed E-state index contributed by atoms with van der Waals surface area (Å²) in [5.74, 6) is 1.08. The van der Waals surface area contributed by atoms with Gasteiger partial charge in [0, 0.05) is 17.4 Å². The molecule has 2 nitrogen and oxygen atoms in total. The zero-order chi connectivity index (χ0) is 13.2. The third-order valence-corrected chi connectivity index (χ3v) is 3.24. The maximum Gasteiger partial charge on any atom is 0.130 e. The summed E-state index contributed by atoms with van der Waals surface area (Å²) in [4.78, 5) is 11.3. The van der Waals surface area contributed by atoms with Gasteiger partial charge in [-0.25, -0.2) is 0 Å². The molecule has 0 radical (unpaired) electrons. The number of rotatable bonds is 4. The molecule has 0 heterocycles. The molecule has 0 saturated heterocycles. The first-order chi connectivity index (χ1) is 7.77. The number of benzene rings is 1. The van der Waals surface area contributed by atoms with E-state index in [1.165, 1.54) is 11.1 Å². The van der Waals surface area contributed by atoms with Gasteiger partial charge in [0.05, 0.1) is 7.11 Å². The molecule has 0 aliphatic rings. The van der Waals surface area contributed by atoms with Gasteiger partial charge in [-0.1, -0.05) is 19.9 Å². The lowest BCUT2D eigenvalue weighted by Crippen LogP contribution is -2.21. The second-order valence-electron chi connectivity index (χ2n) is 5.40. The average molecular weight is 234 g/mol. The summed E-state index contributed by atoms with van der Waals surface area (Å²) in [5, 5.41) is 0. The molecule has 0 aliphatic heterocycles. The van der Waals surface area contributed by atoms with Crippen molar-refractivity contribution in [2.24, 2.45) is 0 Å². The summed E-state index contributed by atoms with van der Waals surface area (Å²) in [6.07, 6.45) is 0.534. The molecule has 0 saturated carbocycles. The summed E-state index contributed by atoms with van der Waals surface area (Å²) >= 11 is 0. The van der Waals surface area contributed by atoms with Crippen LogP contribution in [0.2, 0.25) is 0 Å². The summed E-state index contributed by atoms with van der Waals surface area (Å²) in [7, 11) is 1.68. The van der Waals surface area contributed by atoms with E-state index < -0.39 is 0 Å². The molecule has 0 bridgehead atoms. The molecule has 0 N–H and O–H groups in total. The normalized spacial score (nSPS) is 11.4. The van der Waals surface area contributed by atoms with Crippen molar-refractivity contribution in [1.82, 2.24) is 0 Å². The Kier molecular flexibility index (Phi) is 3.97. The Labute approximate surface area is 104 Å². The first-order valence-corrected chi connectivity index (χ1v) is 5.93. The third kappa shape index (κ3) is 3.09. The van der Waals surface area contributed by atoms with Gasteiger partial charge < -0.3 is 4.74 Å². The van der Waals surface area contributed by atoms with Gasteiger partial charge in [-0.2, -0.15) is 0 Å². The molecule has 1 aromatic carbocycles. The number of methoxy groups -OCH3 is 1. The molecule has 0 unspecified atom stereocenters. The monoisotopic (exact) mass is 234 g/mol. The van der Waals surface area contributed by atoms with E-state index in [9.17, 15) is 4.79 Å². The number of carbonyl (C=O) groups is 1. The third-order valence-electron chi connectivity index (χ3n) is 3.24. The van der Waals surface area contributed by atoms with Gasteiger partial charge in [0.15, 0.2) is 0 Å². The van der Waals surface area contributed by atoms with E-state index in [4.69, 9.17) is 4.74 Å². The van der Waals surface area contributed by atoms with Gasteiger partial charge in [-0.05, 0) is 38.0 Å². The first-order valence-electron chi connectivity index (χ1n) is 5.93. The minimum absolute atomic E-state index is 0.185. The predicted molar refractivity (Wildman–Crippen MR) is 70.8 cm³/mol. The zero-order valence-corrected chi connectivity index (χ0v) is 11.7. The topological polar surface area (TPSA) is 26.3 Å². The van der Waals surface area contributed by atoms with Gasteiger partial charge in [-0.3, -0.25) is 4.79 Å². The van der Waals surface area contributed by atoms with Crippen molar-refractivity contribution in [1.29, 1.82) is 0 Å². The Bertz CT molecular complexity index is 431. The summed E-state index contributed by atoms with van der Waals surface area (Å²) in [6, 6.07) is 4.18. The summed E-state index contributed by atoms with van der Waals surface area (Å²) < 4.78 is 5.44. The quantitative estimate of drug-likeness (QED) is 0.796. The molecule has 94 valence electrons. The minimum atomic E-state index is -0.185. The van der Waals surface area contributed by atoms with Crippen LogP contribution in [0.1, 0.15) is 43.9 Å². The highest BCUT2D eigenvalue weighted by Crippen LogP contribution is 2.36. The van der Waals surface area contributed by atoms with E-state index in [2.05, 4.69) is 33.8 Å². The van der Waals surface area contributed by atoms with Crippen molar-refractivity contribution >= 4 is 5.78 Å². The molecule has 2 heteroatoms. The van der Waals surface area contributed by atoms with E-state index in [-0.39, 0.29) is 11.2 Å². The lowest BCUT2D eigenvalue weighted by molar-refractivity contribution is -0.118. The van der Waals surface area contributed by atoms with Crippen LogP contribution in [0.25, 0.3) is 0 Å². The van der Waals surface area contributed by atoms with Crippen LogP contribution < -0.4 is 4.74 Å². The zero-order valence-electron chi connectivity index (χ0n) is 11.7. The van der Waals surface area contributed by atoms with Crippen LogP contribution in [0, 0.1) is 13.8 Å². The number of ketones is 1. The van der Waals surface area contributed by atoms with Crippen LogP contribution in [0.4, 0.5) is 0 Å². The number of ether oxygens (including phenoxy) is 1. The van der Waals surface area contributed by atoms with E-state index in [0.717, 1.165) is 11.3 Å². The van der Waals surface area contributed by atoms with Crippen LogP contribution in [0.5, 0.6) is 5.75 Å². The largest absolute Gasteiger partial charge is 0.496 e. The number of hydrogen-bond acceptors (Lipinski definition) is 2. The van der Waals surface area contributed by atoms with Gasteiger partial charge in [0.2, 0.25) is 0 Å². The van der Waals surface area contributed by atoms with Gasteiger partial charge >= 0.3 is 0 Å². The molecule has 0 atom stereocenters. The molecule has 0 amide bonds. The number of hydrogen-bond donors (Lipinski definition) is 0. The Morgan fingerprint density at radius 2 is 1.76 bits per heavy atom. The van der Waals surface area contributed by atoms with Crippen molar-refractivity contribution < 1.29 is 9.53 Å². The molecule has 0 spiro atoms. The number of aryl methyl sites for hydroxylation is 2. The van der Waals surface area contributed by atoms with Crippen LogP contribution in [-0.2, 0) is 10.2 Å². The predicted octanol–water partition coefficient (Wildman–Crippen LogP) is 3.57.